The summed E-state index contributed by atoms with van der Waals surface area (Å²) in [5.74, 6) is 0.0112. The van der Waals surface area contributed by atoms with Gasteiger partial charge in [0.15, 0.2) is 5.17 Å². The molecule has 1 heterocycles. The summed E-state index contributed by atoms with van der Waals surface area (Å²) in [6.07, 6.45) is 2.57. The molecule has 0 saturated carbocycles. The highest BCUT2D eigenvalue weighted by atomic mass is 32.2. The number of hydrogen-bond acceptors (Lipinski definition) is 4. The average Bonchev–Trinajstić information content (AvgIpc) is 3.01. The van der Waals surface area contributed by atoms with Crippen LogP contribution in [-0.4, -0.2) is 22.5 Å². The maximum Gasteiger partial charge on any atom is 0.239 e. The fourth-order valence-corrected chi connectivity index (χ4v) is 3.90. The monoisotopic (exact) mass is 347 g/mol. The van der Waals surface area contributed by atoms with Gasteiger partial charge in [-0.3, -0.25) is 4.79 Å². The van der Waals surface area contributed by atoms with Gasteiger partial charge >= 0.3 is 0 Å². The van der Waals surface area contributed by atoms with Crippen LogP contribution in [0.4, 0.5) is 0 Å². The fraction of sp³-hybridized carbons (Fsp3) is 0.150. The Morgan fingerprint density at radius 1 is 1.08 bits per heavy atom. The van der Waals surface area contributed by atoms with Gasteiger partial charge in [0.05, 0.1) is 11.5 Å². The van der Waals surface area contributed by atoms with E-state index in [0.717, 1.165) is 22.8 Å². The predicted octanol–water partition coefficient (Wildman–Crippen LogP) is 4.32. The Balaban J connectivity index is 1.76. The number of carbonyl (C=O) groups excluding carboxylic acids is 1. The van der Waals surface area contributed by atoms with E-state index in [2.05, 4.69) is 45.9 Å². The molecule has 0 unspecified atom stereocenters. The van der Waals surface area contributed by atoms with Crippen LogP contribution in [0.2, 0.25) is 0 Å². The molecule has 0 aromatic heterocycles. The van der Waals surface area contributed by atoms with Gasteiger partial charge in [-0.05, 0) is 34.0 Å². The molecule has 1 aliphatic heterocycles. The maximum atomic E-state index is 11.7. The van der Waals surface area contributed by atoms with E-state index >= 15 is 0 Å². The number of benzene rings is 3. The molecule has 0 aliphatic carbocycles. The summed E-state index contributed by atoms with van der Waals surface area (Å²) in [5.41, 5.74) is 1.04. The maximum absolute atomic E-state index is 11.7. The molecule has 0 bridgehead atoms. The summed E-state index contributed by atoms with van der Waals surface area (Å²) in [6, 6.07) is 18.7. The van der Waals surface area contributed by atoms with Crippen LogP contribution in [0, 0.1) is 0 Å². The smallest absolute Gasteiger partial charge is 0.239 e. The van der Waals surface area contributed by atoms with Crippen LogP contribution in [0.15, 0.2) is 64.8 Å². The van der Waals surface area contributed by atoms with Gasteiger partial charge in [-0.2, -0.15) is 5.10 Å². The number of carbonyl (C=O) groups is 1. The summed E-state index contributed by atoms with van der Waals surface area (Å²) >= 11 is 1.44. The van der Waals surface area contributed by atoms with E-state index < -0.39 is 0 Å². The Morgan fingerprint density at radius 3 is 2.32 bits per heavy atom. The molecular weight excluding hydrogens is 330 g/mol. The Morgan fingerprint density at radius 2 is 1.72 bits per heavy atom. The van der Waals surface area contributed by atoms with Crippen molar-refractivity contribution in [3.63, 3.8) is 0 Å². The van der Waals surface area contributed by atoms with Crippen molar-refractivity contribution in [3.8, 4) is 0 Å². The second-order valence-corrected chi connectivity index (χ2v) is 7.08. The fourth-order valence-electron chi connectivity index (χ4n) is 3.05. The normalized spacial score (nSPS) is 19.3. The van der Waals surface area contributed by atoms with Crippen LogP contribution in [0.25, 0.3) is 21.5 Å². The third kappa shape index (κ3) is 3.03. The molecule has 4 rings (SSSR count). The van der Waals surface area contributed by atoms with Crippen LogP contribution in [-0.2, 0) is 4.79 Å². The van der Waals surface area contributed by atoms with E-state index in [9.17, 15) is 4.79 Å². The Hall–Kier alpha value is -2.66. The quantitative estimate of drug-likeness (QED) is 0.436. The van der Waals surface area contributed by atoms with Gasteiger partial charge in [-0.1, -0.05) is 67.2 Å². The van der Waals surface area contributed by atoms with Gasteiger partial charge < -0.3 is 5.32 Å². The largest absolute Gasteiger partial charge is 0.303 e. The molecule has 1 N–H and O–H groups in total. The van der Waals surface area contributed by atoms with Crippen LogP contribution >= 0.6 is 11.8 Å². The summed E-state index contributed by atoms with van der Waals surface area (Å²) in [6.45, 7) is 1.99. The highest BCUT2D eigenvalue weighted by Gasteiger charge is 2.28. The number of fused-ring (bicyclic) bond motifs is 2. The minimum Gasteiger partial charge on any atom is -0.303 e. The van der Waals surface area contributed by atoms with Crippen molar-refractivity contribution < 1.29 is 4.79 Å². The summed E-state index contributed by atoms with van der Waals surface area (Å²) in [5, 5.41) is 16.4. The van der Waals surface area contributed by atoms with E-state index in [1.807, 2.05) is 31.2 Å². The standard InChI is InChI=1S/C20H17N3OS/c1-2-18-19(24)22-20(25-18)23-21-12-17-15-9-5-3-7-13(15)11-14-8-4-6-10-16(14)17/h3-12,18H,2H2,1H3,(H,22,23,24)/b21-12-/t18-/m1/s1. The number of hydrogen-bond donors (Lipinski definition) is 1. The van der Waals surface area contributed by atoms with Crippen molar-refractivity contribution >= 4 is 50.6 Å². The first-order valence-electron chi connectivity index (χ1n) is 8.25. The van der Waals surface area contributed by atoms with Crippen molar-refractivity contribution in [3.05, 3.63) is 60.2 Å². The van der Waals surface area contributed by atoms with Crippen molar-refractivity contribution in [1.82, 2.24) is 5.32 Å². The molecule has 4 nitrogen and oxygen atoms in total. The molecule has 0 radical (unpaired) electrons. The molecule has 25 heavy (non-hydrogen) atoms. The number of nitrogens with one attached hydrogen (secondary N) is 1. The molecule has 5 heteroatoms. The van der Waals surface area contributed by atoms with E-state index in [0.29, 0.717) is 5.17 Å². The van der Waals surface area contributed by atoms with E-state index in [1.165, 1.54) is 22.5 Å². The molecule has 1 fully saturated rings. The first-order valence-corrected chi connectivity index (χ1v) is 9.13. The predicted molar refractivity (Wildman–Crippen MR) is 106 cm³/mol. The molecule has 3 aromatic carbocycles. The zero-order valence-corrected chi connectivity index (χ0v) is 14.6. The third-order valence-corrected chi connectivity index (χ3v) is 5.53. The van der Waals surface area contributed by atoms with E-state index in [4.69, 9.17) is 0 Å². The zero-order valence-electron chi connectivity index (χ0n) is 13.8. The Bertz CT molecular complexity index is 972. The van der Waals surface area contributed by atoms with Crippen LogP contribution < -0.4 is 5.32 Å². The lowest BCUT2D eigenvalue weighted by atomic mass is 9.97. The molecule has 1 amide bonds. The Kier molecular flexibility index (Phi) is 4.24. The zero-order chi connectivity index (χ0) is 17.2. The number of thioether (sulfide) groups is 1. The van der Waals surface area contributed by atoms with E-state index in [-0.39, 0.29) is 11.2 Å². The van der Waals surface area contributed by atoms with Crippen molar-refractivity contribution in [1.29, 1.82) is 0 Å². The van der Waals surface area contributed by atoms with E-state index in [1.54, 1.807) is 6.21 Å². The molecule has 124 valence electrons. The van der Waals surface area contributed by atoms with Gasteiger partial charge in [-0.15, -0.1) is 5.10 Å². The minimum absolute atomic E-state index is 0.0112. The molecule has 0 spiro atoms. The number of nitrogens with zero attached hydrogens (tertiary/aromatic N) is 2. The van der Waals surface area contributed by atoms with Crippen LogP contribution in [0.1, 0.15) is 18.9 Å². The lowest BCUT2D eigenvalue weighted by Gasteiger charge is -2.07. The van der Waals surface area contributed by atoms with Crippen molar-refractivity contribution in [2.75, 3.05) is 0 Å². The highest BCUT2D eigenvalue weighted by Crippen LogP contribution is 2.27. The first-order chi connectivity index (χ1) is 12.3. The van der Waals surface area contributed by atoms with Crippen molar-refractivity contribution in [2.45, 2.75) is 18.6 Å². The minimum atomic E-state index is -0.0627. The van der Waals surface area contributed by atoms with Gasteiger partial charge in [0.1, 0.15) is 0 Å². The SMILES string of the molecule is CC[C@H]1S/C(=N\N=C/c2c3ccccc3cc3ccccc23)NC1=O. The van der Waals surface area contributed by atoms with Gasteiger partial charge in [0.2, 0.25) is 5.91 Å². The summed E-state index contributed by atoms with van der Waals surface area (Å²) in [4.78, 5) is 11.7. The summed E-state index contributed by atoms with van der Waals surface area (Å²) in [7, 11) is 0. The topological polar surface area (TPSA) is 53.8 Å². The van der Waals surface area contributed by atoms with Crippen molar-refractivity contribution in [2.24, 2.45) is 10.2 Å². The molecule has 3 aromatic rings. The highest BCUT2D eigenvalue weighted by molar-refractivity contribution is 8.15. The lowest BCUT2D eigenvalue weighted by Crippen LogP contribution is -2.24. The number of amidine groups is 1. The third-order valence-electron chi connectivity index (χ3n) is 4.30. The second-order valence-electron chi connectivity index (χ2n) is 5.89. The number of amides is 1. The average molecular weight is 347 g/mol. The molecule has 1 atom stereocenters. The second kappa shape index (κ2) is 6.69. The number of rotatable bonds is 3. The lowest BCUT2D eigenvalue weighted by molar-refractivity contribution is -0.118. The first kappa shape index (κ1) is 15.8. The molecule has 1 aliphatic rings. The summed E-state index contributed by atoms with van der Waals surface area (Å²) < 4.78 is 0. The molecule has 1 saturated heterocycles. The van der Waals surface area contributed by atoms with Gasteiger partial charge in [0, 0.05) is 5.56 Å². The van der Waals surface area contributed by atoms with Gasteiger partial charge in [0.25, 0.3) is 0 Å². The van der Waals surface area contributed by atoms with Crippen LogP contribution in [0.5, 0.6) is 0 Å². The van der Waals surface area contributed by atoms with Crippen LogP contribution in [0.3, 0.4) is 0 Å². The van der Waals surface area contributed by atoms with Gasteiger partial charge in [-0.25, -0.2) is 0 Å². The molecular formula is C20H17N3OS. The Labute approximate surface area is 150 Å².